The number of aliphatic hydroxyl groups is 1. The molecule has 6 nitrogen and oxygen atoms in total. The van der Waals surface area contributed by atoms with Gasteiger partial charge in [-0.05, 0) is 18.9 Å². The van der Waals surface area contributed by atoms with Crippen molar-refractivity contribution in [3.05, 3.63) is 0 Å². The molecule has 0 saturated heterocycles. The van der Waals surface area contributed by atoms with Crippen LogP contribution in [0.2, 0.25) is 0 Å². The van der Waals surface area contributed by atoms with Gasteiger partial charge < -0.3 is 21.3 Å². The zero-order valence-electron chi connectivity index (χ0n) is 8.77. The van der Waals surface area contributed by atoms with Crippen molar-refractivity contribution in [2.24, 2.45) is 11.7 Å². The molecule has 0 aliphatic heterocycles. The molecule has 0 aromatic carbocycles. The van der Waals surface area contributed by atoms with E-state index in [1.54, 1.807) is 0 Å². The number of carboxylic acid groups (broad SMARTS) is 1. The Kier molecular flexibility index (Phi) is 6.64. The molecule has 0 aliphatic rings. The van der Waals surface area contributed by atoms with Crippen LogP contribution in [-0.2, 0) is 9.59 Å². The molecule has 0 aliphatic carbocycles. The predicted molar refractivity (Wildman–Crippen MR) is 54.1 cm³/mol. The lowest BCUT2D eigenvalue weighted by atomic mass is 10.1. The van der Waals surface area contributed by atoms with E-state index in [1.807, 2.05) is 6.92 Å². The van der Waals surface area contributed by atoms with Gasteiger partial charge in [-0.25, -0.2) is 4.79 Å². The fourth-order valence-electron chi connectivity index (χ4n) is 0.882. The van der Waals surface area contributed by atoms with E-state index >= 15 is 0 Å². The normalized spacial score (nSPS) is 14.3. The summed E-state index contributed by atoms with van der Waals surface area (Å²) in [5.74, 6) is -1.35. The van der Waals surface area contributed by atoms with Gasteiger partial charge in [-0.3, -0.25) is 4.79 Å². The number of carbonyl (C=O) groups excluding carboxylic acids is 1. The molecular formula is C9H18N2O4. The summed E-state index contributed by atoms with van der Waals surface area (Å²) in [5.41, 5.74) is 5.37. The number of amides is 1. The standard InChI is InChI=1S/C9H18N2O4/c1-6(4-10)2-3-8(13)11-5-7(12)9(14)15/h6-7,12H,2-5,10H2,1H3,(H,11,13)(H,14,15)/t6?,7-/m0/s1. The number of hydrogen-bond acceptors (Lipinski definition) is 4. The maximum atomic E-state index is 11.1. The first kappa shape index (κ1) is 13.9. The van der Waals surface area contributed by atoms with Gasteiger partial charge in [0.1, 0.15) is 0 Å². The Hall–Kier alpha value is -1.14. The number of aliphatic carboxylic acids is 1. The SMILES string of the molecule is CC(CN)CCC(=O)NC[C@H](O)C(=O)O. The lowest BCUT2D eigenvalue weighted by Gasteiger charge is -2.09. The van der Waals surface area contributed by atoms with Crippen LogP contribution in [0.4, 0.5) is 0 Å². The van der Waals surface area contributed by atoms with Gasteiger partial charge in [0.25, 0.3) is 0 Å². The van der Waals surface area contributed by atoms with Gasteiger partial charge in [0.05, 0.1) is 6.54 Å². The summed E-state index contributed by atoms with van der Waals surface area (Å²) in [7, 11) is 0. The number of aliphatic hydroxyl groups excluding tert-OH is 1. The minimum atomic E-state index is -1.54. The molecule has 0 bridgehead atoms. The number of nitrogens with two attached hydrogens (primary N) is 1. The van der Waals surface area contributed by atoms with E-state index in [1.165, 1.54) is 0 Å². The molecule has 0 radical (unpaired) electrons. The Morgan fingerprint density at radius 1 is 1.47 bits per heavy atom. The van der Waals surface area contributed by atoms with Crippen LogP contribution in [-0.4, -0.2) is 41.3 Å². The topological polar surface area (TPSA) is 113 Å². The number of carbonyl (C=O) groups is 2. The van der Waals surface area contributed by atoms with E-state index in [2.05, 4.69) is 5.32 Å². The summed E-state index contributed by atoms with van der Waals surface area (Å²) in [6.07, 6.45) is -0.586. The van der Waals surface area contributed by atoms with Crippen molar-refractivity contribution in [2.75, 3.05) is 13.1 Å². The maximum Gasteiger partial charge on any atom is 0.334 e. The van der Waals surface area contributed by atoms with Crippen LogP contribution in [0.25, 0.3) is 0 Å². The summed E-state index contributed by atoms with van der Waals surface area (Å²) in [6.45, 7) is 2.19. The smallest absolute Gasteiger partial charge is 0.334 e. The van der Waals surface area contributed by atoms with Crippen LogP contribution < -0.4 is 11.1 Å². The van der Waals surface area contributed by atoms with E-state index in [0.717, 1.165) is 0 Å². The van der Waals surface area contributed by atoms with Crippen molar-refractivity contribution in [1.29, 1.82) is 0 Å². The van der Waals surface area contributed by atoms with Gasteiger partial charge in [0.2, 0.25) is 5.91 Å². The van der Waals surface area contributed by atoms with Gasteiger partial charge >= 0.3 is 5.97 Å². The Morgan fingerprint density at radius 2 is 2.07 bits per heavy atom. The molecule has 5 N–H and O–H groups in total. The van der Waals surface area contributed by atoms with Crippen LogP contribution in [0.3, 0.4) is 0 Å². The lowest BCUT2D eigenvalue weighted by molar-refractivity contribution is -0.146. The second-order valence-electron chi connectivity index (χ2n) is 3.54. The van der Waals surface area contributed by atoms with Crippen LogP contribution >= 0.6 is 0 Å². The number of nitrogens with one attached hydrogen (secondary N) is 1. The number of hydrogen-bond donors (Lipinski definition) is 4. The third-order valence-electron chi connectivity index (χ3n) is 2.04. The fourth-order valence-corrected chi connectivity index (χ4v) is 0.882. The predicted octanol–water partition coefficient (Wildman–Crippen LogP) is -1.08. The van der Waals surface area contributed by atoms with Gasteiger partial charge in [-0.2, -0.15) is 0 Å². The van der Waals surface area contributed by atoms with Crippen LogP contribution in [0.1, 0.15) is 19.8 Å². The highest BCUT2D eigenvalue weighted by molar-refractivity contribution is 5.77. The third kappa shape index (κ3) is 6.87. The molecule has 0 spiro atoms. The zero-order valence-corrected chi connectivity index (χ0v) is 8.77. The van der Waals surface area contributed by atoms with E-state index in [-0.39, 0.29) is 18.4 Å². The van der Waals surface area contributed by atoms with E-state index < -0.39 is 12.1 Å². The zero-order chi connectivity index (χ0) is 11.8. The average Bonchev–Trinajstić information content (AvgIpc) is 2.21. The van der Waals surface area contributed by atoms with Crippen molar-refractivity contribution in [3.8, 4) is 0 Å². The Morgan fingerprint density at radius 3 is 2.53 bits per heavy atom. The van der Waals surface area contributed by atoms with E-state index in [0.29, 0.717) is 19.4 Å². The second kappa shape index (κ2) is 7.19. The summed E-state index contributed by atoms with van der Waals surface area (Å²) < 4.78 is 0. The minimum Gasteiger partial charge on any atom is -0.479 e. The highest BCUT2D eigenvalue weighted by atomic mass is 16.4. The van der Waals surface area contributed by atoms with Gasteiger partial charge in [-0.15, -0.1) is 0 Å². The van der Waals surface area contributed by atoms with Gasteiger partial charge in [0, 0.05) is 6.42 Å². The molecule has 0 saturated carbocycles. The Labute approximate surface area is 88.5 Å². The molecule has 88 valence electrons. The van der Waals surface area contributed by atoms with E-state index in [4.69, 9.17) is 15.9 Å². The average molecular weight is 218 g/mol. The van der Waals surface area contributed by atoms with Crippen LogP contribution in [0.15, 0.2) is 0 Å². The quantitative estimate of drug-likeness (QED) is 0.434. The van der Waals surface area contributed by atoms with Crippen molar-refractivity contribution in [3.63, 3.8) is 0 Å². The largest absolute Gasteiger partial charge is 0.479 e. The monoisotopic (exact) mass is 218 g/mol. The molecular weight excluding hydrogens is 200 g/mol. The first-order valence-electron chi connectivity index (χ1n) is 4.85. The summed E-state index contributed by atoms with van der Waals surface area (Å²) in [5, 5.41) is 19.5. The van der Waals surface area contributed by atoms with Crippen molar-refractivity contribution in [2.45, 2.75) is 25.9 Å². The summed E-state index contributed by atoms with van der Waals surface area (Å²) in [6, 6.07) is 0. The highest BCUT2D eigenvalue weighted by Crippen LogP contribution is 2.02. The van der Waals surface area contributed by atoms with Crippen molar-refractivity contribution < 1.29 is 19.8 Å². The molecule has 6 heteroatoms. The lowest BCUT2D eigenvalue weighted by Crippen LogP contribution is -2.36. The summed E-state index contributed by atoms with van der Waals surface area (Å²) in [4.78, 5) is 21.3. The number of rotatable bonds is 7. The molecule has 0 heterocycles. The van der Waals surface area contributed by atoms with Gasteiger partial charge in [-0.1, -0.05) is 6.92 Å². The molecule has 0 rings (SSSR count). The van der Waals surface area contributed by atoms with Crippen molar-refractivity contribution in [1.82, 2.24) is 5.32 Å². The highest BCUT2D eigenvalue weighted by Gasteiger charge is 2.14. The number of carboxylic acids is 1. The maximum absolute atomic E-state index is 11.1. The van der Waals surface area contributed by atoms with Gasteiger partial charge in [0.15, 0.2) is 6.10 Å². The Balaban J connectivity index is 3.62. The van der Waals surface area contributed by atoms with Crippen molar-refractivity contribution >= 4 is 11.9 Å². The third-order valence-corrected chi connectivity index (χ3v) is 2.04. The first-order valence-corrected chi connectivity index (χ1v) is 4.85. The molecule has 15 heavy (non-hydrogen) atoms. The van der Waals surface area contributed by atoms with Crippen LogP contribution in [0, 0.1) is 5.92 Å². The minimum absolute atomic E-state index is 0.259. The second-order valence-corrected chi connectivity index (χ2v) is 3.54. The van der Waals surface area contributed by atoms with E-state index in [9.17, 15) is 9.59 Å². The first-order chi connectivity index (χ1) is 6.97. The Bertz CT molecular complexity index is 220. The molecule has 1 unspecified atom stereocenters. The van der Waals surface area contributed by atoms with Crippen LogP contribution in [0.5, 0.6) is 0 Å². The molecule has 0 aromatic heterocycles. The molecule has 2 atom stereocenters. The fraction of sp³-hybridized carbons (Fsp3) is 0.778. The molecule has 0 aromatic rings. The summed E-state index contributed by atoms with van der Waals surface area (Å²) >= 11 is 0. The molecule has 1 amide bonds. The molecule has 0 fully saturated rings.